The molecule has 42 heavy (non-hydrogen) atoms. The Hall–Kier alpha value is -4.38. The van der Waals surface area contributed by atoms with Crippen LogP contribution < -0.4 is 10.6 Å². The summed E-state index contributed by atoms with van der Waals surface area (Å²) < 4.78 is 30.5. The van der Waals surface area contributed by atoms with Gasteiger partial charge in [-0.2, -0.15) is 0 Å². The number of nitrogens with one attached hydrogen (secondary N) is 2. The number of hydrogen-bond acceptors (Lipinski definition) is 6. The molecule has 0 radical (unpaired) electrons. The van der Waals surface area contributed by atoms with E-state index in [2.05, 4.69) is 15.6 Å². The van der Waals surface area contributed by atoms with E-state index in [9.17, 15) is 24.6 Å². The second-order valence-corrected chi connectivity index (χ2v) is 11.0. The van der Waals surface area contributed by atoms with Crippen molar-refractivity contribution in [2.24, 2.45) is 5.41 Å². The second kappa shape index (κ2) is 12.2. The molecule has 222 valence electrons. The highest BCUT2D eigenvalue weighted by atomic mass is 19.3. The number of aliphatic hydroxyl groups is 1. The average molecular weight is 581 g/mol. The summed E-state index contributed by atoms with van der Waals surface area (Å²) in [5, 5.41) is 26.6. The second-order valence-electron chi connectivity index (χ2n) is 11.0. The standard InChI is InChI=1S/C31H34F2N4O5/c1-19-22(10-7-11-24(19)38)27(40)36-23(16-20-8-5-4-6-9-20)25(39)29(42)37-18-31(32,33)30(2,3)26(37)28(41)35-17-21-12-14-34-15-13-21/h4-15,23,25-26,38-39H,16-18H2,1-3H3,(H,35,41)(H,36,40)/t23-,25-,26-/m0/s1. The van der Waals surface area contributed by atoms with E-state index in [4.69, 9.17) is 0 Å². The molecule has 0 bridgehead atoms. The number of pyridine rings is 1. The van der Waals surface area contributed by atoms with Gasteiger partial charge in [-0.25, -0.2) is 8.78 Å². The zero-order valence-electron chi connectivity index (χ0n) is 23.6. The van der Waals surface area contributed by atoms with E-state index < -0.39 is 53.8 Å². The van der Waals surface area contributed by atoms with Crippen molar-refractivity contribution < 1.29 is 33.4 Å². The summed E-state index contributed by atoms with van der Waals surface area (Å²) in [6.07, 6.45) is 1.08. The molecule has 9 nitrogen and oxygen atoms in total. The number of hydrogen-bond donors (Lipinski definition) is 4. The van der Waals surface area contributed by atoms with Crippen LogP contribution in [0.1, 0.15) is 40.9 Å². The van der Waals surface area contributed by atoms with E-state index in [0.29, 0.717) is 21.6 Å². The summed E-state index contributed by atoms with van der Waals surface area (Å²) in [5.41, 5.74) is -0.189. The van der Waals surface area contributed by atoms with Crippen molar-refractivity contribution in [3.63, 3.8) is 0 Å². The van der Waals surface area contributed by atoms with Crippen molar-refractivity contribution in [3.05, 3.63) is 95.3 Å². The van der Waals surface area contributed by atoms with Crippen LogP contribution in [0, 0.1) is 12.3 Å². The maximum atomic E-state index is 15.3. The molecule has 2 aromatic carbocycles. The van der Waals surface area contributed by atoms with E-state index in [1.807, 2.05) is 0 Å². The number of likely N-dealkylation sites (tertiary alicyclic amines) is 1. The lowest BCUT2D eigenvalue weighted by atomic mass is 9.81. The van der Waals surface area contributed by atoms with E-state index in [1.54, 1.807) is 49.4 Å². The summed E-state index contributed by atoms with van der Waals surface area (Å²) in [4.78, 5) is 44.9. The molecule has 11 heteroatoms. The van der Waals surface area contributed by atoms with Crippen LogP contribution in [0.4, 0.5) is 8.78 Å². The number of aromatic nitrogens is 1. The quantitative estimate of drug-likeness (QED) is 0.308. The molecule has 3 aromatic rings. The average Bonchev–Trinajstić information content (AvgIpc) is 3.16. The Bertz CT molecular complexity index is 1440. The van der Waals surface area contributed by atoms with Gasteiger partial charge < -0.3 is 25.7 Å². The zero-order valence-corrected chi connectivity index (χ0v) is 23.6. The zero-order chi connectivity index (χ0) is 30.7. The predicted molar refractivity (Wildman–Crippen MR) is 151 cm³/mol. The minimum Gasteiger partial charge on any atom is -0.508 e. The maximum absolute atomic E-state index is 15.3. The lowest BCUT2D eigenvalue weighted by Gasteiger charge is -2.34. The number of carbonyl (C=O) groups is 3. The molecule has 3 amide bonds. The Morgan fingerprint density at radius 3 is 2.36 bits per heavy atom. The third-order valence-electron chi connectivity index (χ3n) is 7.85. The smallest absolute Gasteiger partial charge is 0.272 e. The van der Waals surface area contributed by atoms with Crippen LogP contribution in [0.5, 0.6) is 5.75 Å². The molecule has 4 rings (SSSR count). The number of alkyl halides is 2. The fraction of sp³-hybridized carbons (Fsp3) is 0.355. The molecule has 1 aromatic heterocycles. The van der Waals surface area contributed by atoms with E-state index in [-0.39, 0.29) is 24.3 Å². The first-order valence-electron chi connectivity index (χ1n) is 13.5. The number of nitrogens with zero attached hydrogens (tertiary/aromatic N) is 2. The highest BCUT2D eigenvalue weighted by molar-refractivity contribution is 5.97. The van der Waals surface area contributed by atoms with Crippen molar-refractivity contribution in [3.8, 4) is 5.75 Å². The van der Waals surface area contributed by atoms with Crippen molar-refractivity contribution in [1.82, 2.24) is 20.5 Å². The molecule has 0 aliphatic carbocycles. The minimum atomic E-state index is -3.45. The number of phenols is 1. The van der Waals surface area contributed by atoms with Crippen LogP contribution in [0.2, 0.25) is 0 Å². The molecular weight excluding hydrogens is 546 g/mol. The van der Waals surface area contributed by atoms with Crippen molar-refractivity contribution in [2.45, 2.75) is 57.8 Å². The Kier molecular flexibility index (Phi) is 8.91. The Labute approximate surface area is 242 Å². The number of aromatic hydroxyl groups is 1. The Balaban J connectivity index is 1.62. The fourth-order valence-corrected chi connectivity index (χ4v) is 5.13. The molecule has 1 fully saturated rings. The number of rotatable bonds is 9. The van der Waals surface area contributed by atoms with Crippen LogP contribution in [0.3, 0.4) is 0 Å². The first kappa shape index (κ1) is 30.6. The first-order chi connectivity index (χ1) is 19.8. The van der Waals surface area contributed by atoms with Crippen LogP contribution in [-0.4, -0.2) is 68.5 Å². The van der Waals surface area contributed by atoms with Gasteiger partial charge in [-0.05, 0) is 48.7 Å². The van der Waals surface area contributed by atoms with Gasteiger partial charge in [0.1, 0.15) is 11.8 Å². The van der Waals surface area contributed by atoms with Gasteiger partial charge in [0, 0.05) is 30.1 Å². The van der Waals surface area contributed by atoms with Gasteiger partial charge in [0.05, 0.1) is 18.0 Å². The van der Waals surface area contributed by atoms with Gasteiger partial charge in [-0.15, -0.1) is 0 Å². The van der Waals surface area contributed by atoms with Gasteiger partial charge in [0.25, 0.3) is 17.7 Å². The molecular formula is C31H34F2N4O5. The largest absolute Gasteiger partial charge is 0.508 e. The SMILES string of the molecule is Cc1c(O)cccc1C(=O)N[C@@H](Cc1ccccc1)[C@H](O)C(=O)N1CC(F)(F)C(C)(C)[C@@H]1C(=O)NCc1ccncc1. The molecule has 1 aliphatic rings. The predicted octanol–water partition coefficient (Wildman–Crippen LogP) is 2.99. The number of amides is 3. The van der Waals surface area contributed by atoms with Crippen LogP contribution in [0.15, 0.2) is 73.1 Å². The number of aliphatic hydroxyl groups excluding tert-OH is 1. The summed E-state index contributed by atoms with van der Waals surface area (Å²) in [6, 6.07) is 13.6. The molecule has 3 atom stereocenters. The summed E-state index contributed by atoms with van der Waals surface area (Å²) in [5.74, 6) is -6.14. The number of benzene rings is 2. The number of halogens is 2. The van der Waals surface area contributed by atoms with E-state index >= 15 is 8.78 Å². The minimum absolute atomic E-state index is 0.0100. The summed E-state index contributed by atoms with van der Waals surface area (Å²) in [6.45, 7) is 2.90. The molecule has 1 aliphatic heterocycles. The third-order valence-corrected chi connectivity index (χ3v) is 7.85. The van der Waals surface area contributed by atoms with Crippen LogP contribution >= 0.6 is 0 Å². The summed E-state index contributed by atoms with van der Waals surface area (Å²) >= 11 is 0. The van der Waals surface area contributed by atoms with Crippen LogP contribution in [-0.2, 0) is 22.6 Å². The molecule has 1 saturated heterocycles. The number of phenolic OH excluding ortho intramolecular Hbond substituents is 1. The van der Waals surface area contributed by atoms with Gasteiger partial charge in [-0.1, -0.05) is 50.2 Å². The van der Waals surface area contributed by atoms with Gasteiger partial charge in [-0.3, -0.25) is 19.4 Å². The van der Waals surface area contributed by atoms with Crippen molar-refractivity contribution >= 4 is 17.7 Å². The number of carbonyl (C=O) groups excluding carboxylic acids is 3. The molecule has 0 saturated carbocycles. The van der Waals surface area contributed by atoms with Crippen molar-refractivity contribution in [1.29, 1.82) is 0 Å². The van der Waals surface area contributed by atoms with Crippen LogP contribution in [0.25, 0.3) is 0 Å². The lowest BCUT2D eigenvalue weighted by molar-refractivity contribution is -0.148. The van der Waals surface area contributed by atoms with E-state index in [1.165, 1.54) is 44.4 Å². The topological polar surface area (TPSA) is 132 Å². The van der Waals surface area contributed by atoms with Crippen molar-refractivity contribution in [2.75, 3.05) is 6.54 Å². The highest BCUT2D eigenvalue weighted by Crippen LogP contribution is 2.48. The molecule has 0 spiro atoms. The molecule has 2 heterocycles. The van der Waals surface area contributed by atoms with Gasteiger partial charge in [0.15, 0.2) is 6.10 Å². The first-order valence-corrected chi connectivity index (χ1v) is 13.5. The molecule has 0 unspecified atom stereocenters. The fourth-order valence-electron chi connectivity index (χ4n) is 5.13. The Morgan fingerprint density at radius 2 is 1.69 bits per heavy atom. The molecule has 4 N–H and O–H groups in total. The van der Waals surface area contributed by atoms with Gasteiger partial charge >= 0.3 is 0 Å². The van der Waals surface area contributed by atoms with E-state index in [0.717, 1.165) is 0 Å². The maximum Gasteiger partial charge on any atom is 0.272 e. The Morgan fingerprint density at radius 1 is 1.02 bits per heavy atom. The summed E-state index contributed by atoms with van der Waals surface area (Å²) in [7, 11) is 0. The normalized spacial score (nSPS) is 18.6. The lowest BCUT2D eigenvalue weighted by Crippen LogP contribution is -2.57. The third kappa shape index (κ3) is 6.25. The monoisotopic (exact) mass is 580 g/mol. The van der Waals surface area contributed by atoms with Gasteiger partial charge in [0.2, 0.25) is 5.91 Å². The highest BCUT2D eigenvalue weighted by Gasteiger charge is 2.64.